The molecule has 2 rings (SSSR count). The molecule has 0 spiro atoms. The highest BCUT2D eigenvalue weighted by atomic mass is 32.2. The van der Waals surface area contributed by atoms with E-state index in [-0.39, 0.29) is 5.04 Å². The average molecular weight is 270 g/mol. The molecule has 90 valence electrons. The zero-order valence-corrected chi connectivity index (χ0v) is 10.5. The van der Waals surface area contributed by atoms with Crippen LogP contribution in [-0.2, 0) is 0 Å². The van der Waals surface area contributed by atoms with E-state index in [1.165, 1.54) is 34.2 Å². The van der Waals surface area contributed by atoms with E-state index in [4.69, 9.17) is 0 Å². The summed E-state index contributed by atoms with van der Waals surface area (Å²) in [5.74, 6) is 0.124. The molecule has 1 unspecified atom stereocenters. The van der Waals surface area contributed by atoms with E-state index < -0.39 is 12.2 Å². The Labute approximate surface area is 107 Å². The van der Waals surface area contributed by atoms with Gasteiger partial charge in [0.05, 0.1) is 5.69 Å². The molecule has 0 aliphatic carbocycles. The van der Waals surface area contributed by atoms with Gasteiger partial charge in [-0.05, 0) is 11.4 Å². The van der Waals surface area contributed by atoms with Gasteiger partial charge >= 0.3 is 0 Å². The van der Waals surface area contributed by atoms with Gasteiger partial charge in [0.15, 0.2) is 5.83 Å². The van der Waals surface area contributed by atoms with Crippen LogP contribution in [-0.4, -0.2) is 22.3 Å². The lowest BCUT2D eigenvalue weighted by atomic mass is 10.4. The van der Waals surface area contributed by atoms with E-state index >= 15 is 0 Å². The number of aliphatic hydroxyl groups is 1. The summed E-state index contributed by atoms with van der Waals surface area (Å²) in [6, 6.07) is 1.80. The molecule has 0 saturated carbocycles. The predicted octanol–water partition coefficient (Wildman–Crippen LogP) is 2.97. The maximum absolute atomic E-state index is 13.7. The molecule has 0 saturated heterocycles. The minimum atomic E-state index is -1.07. The number of anilines is 1. The van der Waals surface area contributed by atoms with Crippen molar-refractivity contribution in [2.45, 2.75) is 6.35 Å². The Bertz CT molecular complexity index is 456. The number of aliphatic imine (C=N–C) groups is 1. The van der Waals surface area contributed by atoms with Gasteiger partial charge in [-0.25, -0.2) is 9.38 Å². The van der Waals surface area contributed by atoms with Crippen molar-refractivity contribution < 1.29 is 9.50 Å². The standard InChI is InChI=1S/C11H11FN2OS2/c1-2-4-17-10-9(12)6-14(11(15)13-10)8-3-5-16-7-8/h2-3,5-7,11,15H,1,4H2. The van der Waals surface area contributed by atoms with Crippen molar-refractivity contribution in [2.75, 3.05) is 10.7 Å². The highest BCUT2D eigenvalue weighted by Crippen LogP contribution is 2.27. The van der Waals surface area contributed by atoms with E-state index in [1.807, 2.05) is 10.8 Å². The Balaban J connectivity index is 2.17. The number of aliphatic hydroxyl groups excluding tert-OH is 1. The van der Waals surface area contributed by atoms with Crippen LogP contribution >= 0.6 is 23.1 Å². The molecule has 0 aromatic carbocycles. The van der Waals surface area contributed by atoms with Crippen molar-refractivity contribution >= 4 is 33.8 Å². The SMILES string of the molecule is C=CCSC1=NC(O)N(c2ccsc2)C=C1F. The number of thiophene rings is 1. The molecule has 1 aliphatic rings. The van der Waals surface area contributed by atoms with E-state index in [1.54, 1.807) is 12.1 Å². The van der Waals surface area contributed by atoms with Gasteiger partial charge in [0, 0.05) is 17.3 Å². The Kier molecular flexibility index (Phi) is 3.98. The van der Waals surface area contributed by atoms with E-state index in [0.29, 0.717) is 5.75 Å². The molecule has 3 nitrogen and oxygen atoms in total. The zero-order valence-electron chi connectivity index (χ0n) is 8.91. The molecule has 0 fully saturated rings. The molecule has 0 radical (unpaired) electrons. The maximum Gasteiger partial charge on any atom is 0.230 e. The monoisotopic (exact) mass is 270 g/mol. The topological polar surface area (TPSA) is 35.8 Å². The molecule has 1 atom stereocenters. The fourth-order valence-corrected chi connectivity index (χ4v) is 2.60. The summed E-state index contributed by atoms with van der Waals surface area (Å²) >= 11 is 2.69. The number of thioether (sulfide) groups is 1. The summed E-state index contributed by atoms with van der Waals surface area (Å²) in [4.78, 5) is 5.31. The van der Waals surface area contributed by atoms with Gasteiger partial charge in [0.2, 0.25) is 6.35 Å². The van der Waals surface area contributed by atoms with Crippen LogP contribution in [0.4, 0.5) is 10.1 Å². The van der Waals surface area contributed by atoms with Crippen LogP contribution in [0.2, 0.25) is 0 Å². The third-order valence-electron chi connectivity index (χ3n) is 2.08. The van der Waals surface area contributed by atoms with Crippen molar-refractivity contribution in [1.82, 2.24) is 0 Å². The highest BCUT2D eigenvalue weighted by molar-refractivity contribution is 8.14. The summed E-state index contributed by atoms with van der Waals surface area (Å²) in [6.07, 6.45) is 1.86. The lowest BCUT2D eigenvalue weighted by Gasteiger charge is -2.26. The van der Waals surface area contributed by atoms with Crippen LogP contribution in [0.3, 0.4) is 0 Å². The molecule has 1 N–H and O–H groups in total. The Morgan fingerprint density at radius 3 is 3.18 bits per heavy atom. The van der Waals surface area contributed by atoms with Gasteiger partial charge in [-0.2, -0.15) is 11.3 Å². The van der Waals surface area contributed by atoms with E-state index in [9.17, 15) is 9.50 Å². The first-order chi connectivity index (χ1) is 8.22. The van der Waals surface area contributed by atoms with Crippen molar-refractivity contribution in [1.29, 1.82) is 0 Å². The average Bonchev–Trinajstić information content (AvgIpc) is 2.83. The first kappa shape index (κ1) is 12.3. The second kappa shape index (κ2) is 5.48. The van der Waals surface area contributed by atoms with Crippen molar-refractivity contribution in [2.24, 2.45) is 4.99 Å². The predicted molar refractivity (Wildman–Crippen MR) is 72.1 cm³/mol. The first-order valence-corrected chi connectivity index (χ1v) is 6.83. The summed E-state index contributed by atoms with van der Waals surface area (Å²) in [7, 11) is 0. The van der Waals surface area contributed by atoms with E-state index in [2.05, 4.69) is 11.6 Å². The van der Waals surface area contributed by atoms with Gasteiger partial charge in [-0.3, -0.25) is 4.90 Å². The van der Waals surface area contributed by atoms with Gasteiger partial charge in [0.1, 0.15) is 5.04 Å². The van der Waals surface area contributed by atoms with Crippen LogP contribution in [0.5, 0.6) is 0 Å². The fraction of sp³-hybridized carbons (Fsp3) is 0.182. The molecule has 0 bridgehead atoms. The largest absolute Gasteiger partial charge is 0.355 e. The summed E-state index contributed by atoms with van der Waals surface area (Å²) in [6.45, 7) is 3.56. The van der Waals surface area contributed by atoms with Gasteiger partial charge in [0.25, 0.3) is 0 Å². The second-order valence-electron chi connectivity index (χ2n) is 3.25. The van der Waals surface area contributed by atoms with Crippen molar-refractivity contribution in [3.8, 4) is 0 Å². The zero-order chi connectivity index (χ0) is 12.3. The highest BCUT2D eigenvalue weighted by Gasteiger charge is 2.23. The van der Waals surface area contributed by atoms with Crippen LogP contribution in [0, 0.1) is 0 Å². The van der Waals surface area contributed by atoms with Crippen LogP contribution in [0.15, 0.2) is 46.5 Å². The number of hydrogen-bond donors (Lipinski definition) is 1. The molecule has 1 aromatic rings. The molecule has 17 heavy (non-hydrogen) atoms. The number of halogens is 1. The molecular weight excluding hydrogens is 259 g/mol. The third kappa shape index (κ3) is 2.77. The molecule has 1 aliphatic heterocycles. The Morgan fingerprint density at radius 2 is 2.53 bits per heavy atom. The molecule has 0 amide bonds. The number of hydrogen-bond acceptors (Lipinski definition) is 5. The number of rotatable bonds is 3. The summed E-state index contributed by atoms with van der Waals surface area (Å²) < 4.78 is 13.7. The van der Waals surface area contributed by atoms with Crippen LogP contribution < -0.4 is 4.90 Å². The lowest BCUT2D eigenvalue weighted by Crippen LogP contribution is -2.32. The smallest absolute Gasteiger partial charge is 0.230 e. The van der Waals surface area contributed by atoms with Gasteiger partial charge in [-0.1, -0.05) is 17.8 Å². The summed E-state index contributed by atoms with van der Waals surface area (Å²) in [5, 5.41) is 13.7. The van der Waals surface area contributed by atoms with Gasteiger partial charge < -0.3 is 5.11 Å². The minimum absolute atomic E-state index is 0.212. The minimum Gasteiger partial charge on any atom is -0.355 e. The Morgan fingerprint density at radius 1 is 1.71 bits per heavy atom. The summed E-state index contributed by atoms with van der Waals surface area (Å²) in [5.41, 5.74) is 0.731. The Hall–Kier alpha value is -1.11. The number of nitrogens with zero attached hydrogens (tertiary/aromatic N) is 2. The van der Waals surface area contributed by atoms with Crippen LogP contribution in [0.25, 0.3) is 0 Å². The van der Waals surface area contributed by atoms with E-state index in [0.717, 1.165) is 5.69 Å². The molecule has 6 heteroatoms. The van der Waals surface area contributed by atoms with Gasteiger partial charge in [-0.15, -0.1) is 6.58 Å². The second-order valence-corrected chi connectivity index (χ2v) is 5.03. The lowest BCUT2D eigenvalue weighted by molar-refractivity contribution is 0.187. The molecule has 2 heterocycles. The first-order valence-electron chi connectivity index (χ1n) is 4.90. The maximum atomic E-state index is 13.7. The third-order valence-corrected chi connectivity index (χ3v) is 3.73. The van der Waals surface area contributed by atoms with Crippen molar-refractivity contribution in [3.63, 3.8) is 0 Å². The quantitative estimate of drug-likeness (QED) is 0.858. The van der Waals surface area contributed by atoms with Crippen molar-refractivity contribution in [3.05, 3.63) is 41.5 Å². The molecule has 1 aromatic heterocycles. The normalized spacial score (nSPS) is 19.9. The fourth-order valence-electron chi connectivity index (χ4n) is 1.33. The van der Waals surface area contributed by atoms with Crippen LogP contribution in [0.1, 0.15) is 0 Å². The molecular formula is C11H11FN2OS2.